The van der Waals surface area contributed by atoms with Crippen molar-refractivity contribution in [1.29, 1.82) is 0 Å². The van der Waals surface area contributed by atoms with E-state index >= 15 is 0 Å². The largest absolute Gasteiger partial charge is 0.341 e. The van der Waals surface area contributed by atoms with Gasteiger partial charge in [-0.3, -0.25) is 4.79 Å². The Hall–Kier alpha value is -1.85. The van der Waals surface area contributed by atoms with Crippen LogP contribution in [0.25, 0.3) is 0 Å². The van der Waals surface area contributed by atoms with E-state index in [1.807, 2.05) is 24.3 Å². The van der Waals surface area contributed by atoms with E-state index in [9.17, 15) is 13.2 Å². The molecule has 1 atom stereocenters. The van der Waals surface area contributed by atoms with Crippen LogP contribution in [0.5, 0.6) is 0 Å². The fraction of sp³-hybridized carbons (Fsp3) is 0.409. The molecule has 1 aliphatic carbocycles. The van der Waals surface area contributed by atoms with Crippen molar-refractivity contribution in [2.24, 2.45) is 0 Å². The number of hydrogen-bond donors (Lipinski definition) is 0. The van der Waals surface area contributed by atoms with Gasteiger partial charge in [0.25, 0.3) is 0 Å². The van der Waals surface area contributed by atoms with Crippen LogP contribution < -0.4 is 0 Å². The summed E-state index contributed by atoms with van der Waals surface area (Å²) in [5.74, 6) is 0.0677. The predicted octanol–water partition coefficient (Wildman–Crippen LogP) is 4.23. The van der Waals surface area contributed by atoms with Gasteiger partial charge in [0.15, 0.2) is 9.84 Å². The summed E-state index contributed by atoms with van der Waals surface area (Å²) in [5, 5.41) is 0.113. The number of rotatable bonds is 4. The van der Waals surface area contributed by atoms with Crippen LogP contribution in [0.3, 0.4) is 0 Å². The van der Waals surface area contributed by atoms with E-state index in [4.69, 9.17) is 11.6 Å². The highest BCUT2D eigenvalue weighted by Crippen LogP contribution is 2.43. The zero-order valence-corrected chi connectivity index (χ0v) is 17.3. The summed E-state index contributed by atoms with van der Waals surface area (Å²) in [4.78, 5) is 15.7. The number of halogens is 1. The first-order valence-electron chi connectivity index (χ1n) is 9.78. The molecule has 6 heteroatoms. The number of likely N-dealkylation sites (tertiary alicyclic amines) is 1. The third-order valence-electron chi connectivity index (χ3n) is 6.21. The monoisotopic (exact) mass is 417 g/mol. The fourth-order valence-corrected chi connectivity index (χ4v) is 6.48. The highest BCUT2D eigenvalue weighted by atomic mass is 35.5. The van der Waals surface area contributed by atoms with Crippen molar-refractivity contribution in [2.75, 3.05) is 13.1 Å². The van der Waals surface area contributed by atoms with Gasteiger partial charge < -0.3 is 4.90 Å². The highest BCUT2D eigenvalue weighted by molar-refractivity contribution is 7.92. The van der Waals surface area contributed by atoms with Crippen molar-refractivity contribution in [1.82, 2.24) is 4.90 Å². The Morgan fingerprint density at radius 2 is 1.64 bits per heavy atom. The lowest BCUT2D eigenvalue weighted by atomic mass is 9.77. The maximum absolute atomic E-state index is 13.6. The lowest BCUT2D eigenvalue weighted by Crippen LogP contribution is -2.45. The van der Waals surface area contributed by atoms with E-state index < -0.39 is 20.5 Å². The van der Waals surface area contributed by atoms with E-state index in [0.717, 1.165) is 31.2 Å². The number of amides is 1. The van der Waals surface area contributed by atoms with E-state index in [2.05, 4.69) is 0 Å². The van der Waals surface area contributed by atoms with Crippen LogP contribution in [0, 0.1) is 0 Å². The summed E-state index contributed by atoms with van der Waals surface area (Å²) < 4.78 is 25.9. The standard InChI is InChI=1S/C22H24ClNO3S/c23-18-10-8-17(9-11-18)22(13-4-5-14-22)21(25)24-15-12-20(16-24)28(26,27)19-6-2-1-3-7-19/h1-3,6-11,20H,4-5,12-16H2. The Kier molecular flexibility index (Phi) is 5.23. The first kappa shape index (κ1) is 19.5. The van der Waals surface area contributed by atoms with Gasteiger partial charge in [-0.05, 0) is 49.1 Å². The topological polar surface area (TPSA) is 54.5 Å². The second-order valence-corrected chi connectivity index (χ2v) is 10.5. The smallest absolute Gasteiger partial charge is 0.233 e. The minimum absolute atomic E-state index is 0.0677. The first-order valence-corrected chi connectivity index (χ1v) is 11.7. The van der Waals surface area contributed by atoms with Crippen molar-refractivity contribution < 1.29 is 13.2 Å². The summed E-state index contributed by atoms with van der Waals surface area (Å²) in [6, 6.07) is 16.1. The van der Waals surface area contributed by atoms with Crippen LogP contribution in [-0.4, -0.2) is 37.6 Å². The van der Waals surface area contributed by atoms with Crippen molar-refractivity contribution >= 4 is 27.3 Å². The number of carbonyl (C=O) groups excluding carboxylic acids is 1. The molecule has 4 rings (SSSR count). The molecule has 1 aliphatic heterocycles. The molecule has 4 nitrogen and oxygen atoms in total. The van der Waals surface area contributed by atoms with Gasteiger partial charge in [0, 0.05) is 18.1 Å². The third-order valence-corrected chi connectivity index (χ3v) is 8.65. The highest BCUT2D eigenvalue weighted by Gasteiger charge is 2.47. The van der Waals surface area contributed by atoms with Crippen molar-refractivity contribution in [3.8, 4) is 0 Å². The zero-order valence-electron chi connectivity index (χ0n) is 15.7. The molecular weight excluding hydrogens is 394 g/mol. The van der Waals surface area contributed by atoms with Gasteiger partial charge >= 0.3 is 0 Å². The van der Waals surface area contributed by atoms with Crippen LogP contribution in [-0.2, 0) is 20.0 Å². The average molecular weight is 418 g/mol. The SMILES string of the molecule is O=C(N1CCC(S(=O)(=O)c2ccccc2)C1)C1(c2ccc(Cl)cc2)CCCC1. The number of sulfone groups is 1. The van der Waals surface area contributed by atoms with E-state index in [1.54, 1.807) is 35.2 Å². The number of benzene rings is 2. The van der Waals surface area contributed by atoms with Gasteiger partial charge in [0.1, 0.15) is 0 Å². The molecule has 0 spiro atoms. The molecule has 28 heavy (non-hydrogen) atoms. The predicted molar refractivity (Wildman–Crippen MR) is 110 cm³/mol. The Labute approximate surface area is 171 Å². The molecule has 0 N–H and O–H groups in total. The van der Waals surface area contributed by atoms with Crippen LogP contribution in [0.1, 0.15) is 37.7 Å². The van der Waals surface area contributed by atoms with Gasteiger partial charge in [-0.25, -0.2) is 8.42 Å². The van der Waals surface area contributed by atoms with Crippen molar-refractivity contribution in [2.45, 2.75) is 47.7 Å². The fourth-order valence-electron chi connectivity index (χ4n) is 4.64. The molecule has 2 fully saturated rings. The van der Waals surface area contributed by atoms with Gasteiger partial charge in [0.05, 0.1) is 15.6 Å². The molecule has 148 valence electrons. The molecule has 1 saturated heterocycles. The first-order chi connectivity index (χ1) is 13.4. The average Bonchev–Trinajstić information content (AvgIpc) is 3.40. The molecule has 0 bridgehead atoms. The molecular formula is C22H24ClNO3S. The summed E-state index contributed by atoms with van der Waals surface area (Å²) in [5.41, 5.74) is 0.449. The summed E-state index contributed by atoms with van der Waals surface area (Å²) in [6.07, 6.45) is 4.11. The van der Waals surface area contributed by atoms with Crippen molar-refractivity contribution in [3.05, 3.63) is 65.2 Å². The lowest BCUT2D eigenvalue weighted by molar-refractivity contribution is -0.136. The number of nitrogens with zero attached hydrogens (tertiary/aromatic N) is 1. The zero-order chi connectivity index (χ0) is 19.8. The van der Waals surface area contributed by atoms with E-state index in [1.165, 1.54) is 0 Å². The van der Waals surface area contributed by atoms with Gasteiger partial charge in [-0.1, -0.05) is 54.8 Å². The summed E-state index contributed by atoms with van der Waals surface area (Å²) >= 11 is 6.04. The molecule has 0 radical (unpaired) electrons. The Balaban J connectivity index is 1.58. The Morgan fingerprint density at radius 1 is 1.00 bits per heavy atom. The molecule has 1 amide bonds. The number of carbonyl (C=O) groups is 1. The van der Waals surface area contributed by atoms with Crippen LogP contribution in [0.15, 0.2) is 59.5 Å². The molecule has 2 aromatic rings. The Bertz CT molecular complexity index is 951. The van der Waals surface area contributed by atoms with Gasteiger partial charge in [0.2, 0.25) is 5.91 Å². The molecule has 2 aromatic carbocycles. The second-order valence-electron chi connectivity index (χ2n) is 7.82. The number of hydrogen-bond acceptors (Lipinski definition) is 3. The van der Waals surface area contributed by atoms with Gasteiger partial charge in [-0.2, -0.15) is 0 Å². The normalized spacial score (nSPS) is 21.8. The maximum Gasteiger partial charge on any atom is 0.233 e. The van der Waals surface area contributed by atoms with E-state index in [-0.39, 0.29) is 12.5 Å². The van der Waals surface area contributed by atoms with Crippen LogP contribution in [0.4, 0.5) is 0 Å². The minimum atomic E-state index is -3.43. The summed E-state index contributed by atoms with van der Waals surface area (Å²) in [6.45, 7) is 0.760. The minimum Gasteiger partial charge on any atom is -0.341 e. The van der Waals surface area contributed by atoms with E-state index in [0.29, 0.717) is 22.9 Å². The maximum atomic E-state index is 13.6. The third kappa shape index (κ3) is 3.35. The van der Waals surface area contributed by atoms with Crippen LogP contribution in [0.2, 0.25) is 5.02 Å². The molecule has 2 aliphatic rings. The molecule has 0 aromatic heterocycles. The molecule has 1 unspecified atom stereocenters. The molecule has 1 heterocycles. The van der Waals surface area contributed by atoms with Crippen molar-refractivity contribution in [3.63, 3.8) is 0 Å². The lowest BCUT2D eigenvalue weighted by Gasteiger charge is -2.33. The summed E-state index contributed by atoms with van der Waals surface area (Å²) in [7, 11) is -3.43. The molecule has 1 saturated carbocycles. The van der Waals surface area contributed by atoms with Gasteiger partial charge in [-0.15, -0.1) is 0 Å². The Morgan fingerprint density at radius 3 is 2.29 bits per heavy atom. The quantitative estimate of drug-likeness (QED) is 0.748. The van der Waals surface area contributed by atoms with Crippen LogP contribution >= 0.6 is 11.6 Å². The second kappa shape index (κ2) is 7.53.